The molecule has 22 nitrogen and oxygen atoms in total. The summed E-state index contributed by atoms with van der Waals surface area (Å²) >= 11 is 1.35. The van der Waals surface area contributed by atoms with Crippen molar-refractivity contribution in [3.8, 4) is 0 Å². The lowest BCUT2D eigenvalue weighted by molar-refractivity contribution is -0.432. The molecule has 0 aromatic heterocycles. The Morgan fingerprint density at radius 2 is 1.38 bits per heavy atom. The van der Waals surface area contributed by atoms with Crippen LogP contribution in [0.25, 0.3) is 16.8 Å². The zero-order valence-corrected chi connectivity index (χ0v) is 29.7. The first kappa shape index (κ1) is 42.2. The summed E-state index contributed by atoms with van der Waals surface area (Å²) in [4.78, 5) is 13.7. The molecule has 0 spiro atoms. The van der Waals surface area contributed by atoms with Gasteiger partial charge in [0.25, 0.3) is 10.1 Å². The third-order valence-electron chi connectivity index (χ3n) is 6.20. The number of anilines is 3. The highest BCUT2D eigenvalue weighted by molar-refractivity contribution is 7.95. The minimum Gasteiger partial charge on any atom is -0.399 e. The predicted molar refractivity (Wildman–Crippen MR) is 185 cm³/mol. The molecule has 0 saturated carbocycles. The standard InChI is InChI=1S/C26H20N6O10S3.2O3S/c27-14-3-1-4-15(12-14)29-32-24-21(45(36,37)38)11-13-7-9-18(23(28)22(13)25(24)33)30-31-19-10-8-16-17(26(19)44-42-40-35)5-2-6-20(16)43-41-39-34;2*1-4(2)3/h1-12,29,34-35H,27-28H2,(H,36,37,38);;/b31-30?,32-24+;;. The van der Waals surface area contributed by atoms with Gasteiger partial charge in [-0.15, -0.1) is 44.1 Å². The van der Waals surface area contributed by atoms with E-state index in [1.165, 1.54) is 18.2 Å². The number of hydrogen-bond donors (Lipinski definition) is 6. The van der Waals surface area contributed by atoms with Crippen LogP contribution in [-0.4, -0.2) is 60.2 Å². The topological polar surface area (TPSA) is 352 Å². The smallest absolute Gasteiger partial charge is 0.399 e. The number of hydrazone groups is 1. The minimum absolute atomic E-state index is 0.0436. The number of nitrogens with one attached hydrogen (secondary N) is 1. The second-order valence-corrected chi connectivity index (χ2v) is 13.0. The summed E-state index contributed by atoms with van der Waals surface area (Å²) in [6, 6.07) is 17.4. The first-order valence-corrected chi connectivity index (χ1v) is 18.2. The first-order chi connectivity index (χ1) is 25.1. The number of azo groups is 1. The number of fused-ring (bicyclic) bond motifs is 2. The van der Waals surface area contributed by atoms with E-state index < -0.39 is 47.7 Å². The number of ketones is 1. The van der Waals surface area contributed by atoms with E-state index in [0.717, 1.165) is 18.1 Å². The van der Waals surface area contributed by atoms with Crippen LogP contribution < -0.4 is 16.9 Å². The SMILES string of the molecule is Nc1cccc(N/N=C2/C(=O)c3c(ccc(N=Nc4ccc5c(SOOO)cccc5c4SOOO)c3N)C=C2S(=O)(=O)O)c1.O=S(=O)=O.O=S(=O)=O. The van der Waals surface area contributed by atoms with Gasteiger partial charge in [-0.3, -0.25) is 14.8 Å². The van der Waals surface area contributed by atoms with E-state index in [9.17, 15) is 17.8 Å². The molecule has 0 fully saturated rings. The Morgan fingerprint density at radius 3 is 2.00 bits per heavy atom. The van der Waals surface area contributed by atoms with Gasteiger partial charge in [0.05, 0.1) is 45.9 Å². The molecule has 53 heavy (non-hydrogen) atoms. The maximum Gasteiger partial charge on any atom is 0.425 e. The lowest BCUT2D eigenvalue weighted by Crippen LogP contribution is -2.28. The number of rotatable bonds is 11. The zero-order chi connectivity index (χ0) is 39.3. The molecule has 4 aromatic rings. The Morgan fingerprint density at radius 1 is 0.774 bits per heavy atom. The maximum absolute atomic E-state index is 13.6. The highest BCUT2D eigenvalue weighted by atomic mass is 32.2. The van der Waals surface area contributed by atoms with Crippen LogP contribution in [0.2, 0.25) is 0 Å². The summed E-state index contributed by atoms with van der Waals surface area (Å²) in [5.41, 5.74) is 14.9. The van der Waals surface area contributed by atoms with Crippen molar-refractivity contribution >= 4 is 112 Å². The van der Waals surface area contributed by atoms with E-state index in [1.807, 2.05) is 0 Å². The number of nitrogen functional groups attached to an aromatic ring is 2. The third-order valence-corrected chi connectivity index (χ3v) is 8.45. The van der Waals surface area contributed by atoms with Gasteiger partial charge in [-0.05, 0) is 53.4 Å². The molecule has 0 heterocycles. The Hall–Kier alpha value is -5.17. The molecule has 280 valence electrons. The lowest BCUT2D eigenvalue weighted by Gasteiger charge is -2.18. The number of allylic oxidation sites excluding steroid dienone is 1. The summed E-state index contributed by atoms with van der Waals surface area (Å²) < 4.78 is 94.1. The van der Waals surface area contributed by atoms with Crippen LogP contribution >= 0.6 is 24.1 Å². The van der Waals surface area contributed by atoms with Gasteiger partial charge < -0.3 is 11.5 Å². The van der Waals surface area contributed by atoms with Crippen LogP contribution in [0, 0.1) is 0 Å². The van der Waals surface area contributed by atoms with Crippen molar-refractivity contribution in [1.82, 2.24) is 0 Å². The second kappa shape index (κ2) is 19.6. The highest BCUT2D eigenvalue weighted by Gasteiger charge is 2.35. The summed E-state index contributed by atoms with van der Waals surface area (Å²) in [6.45, 7) is 0. The van der Waals surface area contributed by atoms with Crippen molar-refractivity contribution in [3.63, 3.8) is 0 Å². The fraction of sp³-hybridized carbons (Fsp3) is 0. The highest BCUT2D eigenvalue weighted by Crippen LogP contribution is 2.42. The fourth-order valence-electron chi connectivity index (χ4n) is 4.30. The van der Waals surface area contributed by atoms with Crippen molar-refractivity contribution in [2.24, 2.45) is 15.3 Å². The number of nitrogens with zero attached hydrogens (tertiary/aromatic N) is 3. The van der Waals surface area contributed by atoms with Crippen LogP contribution in [0.15, 0.2) is 96.8 Å². The van der Waals surface area contributed by atoms with Crippen molar-refractivity contribution in [3.05, 3.63) is 82.8 Å². The average molecular weight is 833 g/mol. The van der Waals surface area contributed by atoms with Crippen LogP contribution in [-0.2, 0) is 50.1 Å². The van der Waals surface area contributed by atoms with Gasteiger partial charge in [0.2, 0.25) is 5.78 Å². The van der Waals surface area contributed by atoms with Gasteiger partial charge in [-0.25, -0.2) is 10.5 Å². The van der Waals surface area contributed by atoms with E-state index in [0.29, 0.717) is 44.0 Å². The number of carbonyl (C=O) groups excluding carboxylic acids is 1. The van der Waals surface area contributed by atoms with Gasteiger partial charge in [0, 0.05) is 16.0 Å². The summed E-state index contributed by atoms with van der Waals surface area (Å²) in [5.74, 6) is -0.902. The molecule has 0 aliphatic heterocycles. The molecular weight excluding hydrogens is 813 g/mol. The molecule has 27 heteroatoms. The Balaban J connectivity index is 0.000000859. The average Bonchev–Trinajstić information content (AvgIpc) is 3.08. The molecule has 8 N–H and O–H groups in total. The molecule has 0 atom stereocenters. The molecule has 1 aliphatic rings. The van der Waals surface area contributed by atoms with Crippen LogP contribution in [0.1, 0.15) is 15.9 Å². The van der Waals surface area contributed by atoms with E-state index >= 15 is 0 Å². The van der Waals surface area contributed by atoms with E-state index in [2.05, 4.69) is 39.5 Å². The molecule has 0 saturated heterocycles. The number of carbonyl (C=O) groups is 1. The van der Waals surface area contributed by atoms with Gasteiger partial charge in [-0.1, -0.05) is 40.4 Å². The molecule has 5 rings (SSSR count). The Labute approximate surface area is 308 Å². The van der Waals surface area contributed by atoms with Crippen molar-refractivity contribution < 1.29 is 72.3 Å². The minimum atomic E-state index is -4.88. The zero-order valence-electron chi connectivity index (χ0n) is 25.6. The van der Waals surface area contributed by atoms with Gasteiger partial charge in [-0.2, -0.15) is 13.5 Å². The van der Waals surface area contributed by atoms with E-state index in [-0.39, 0.29) is 28.2 Å². The predicted octanol–water partition coefficient (Wildman–Crippen LogP) is 4.16. The van der Waals surface area contributed by atoms with Gasteiger partial charge in [0.1, 0.15) is 16.3 Å². The second-order valence-electron chi connectivity index (χ2n) is 9.30. The van der Waals surface area contributed by atoms with Crippen molar-refractivity contribution in [2.75, 3.05) is 16.9 Å². The Bertz CT molecular complexity index is 2420. The number of Topliss-reactive ketones (excluding diaryl/α,β-unsaturated/α-hetero) is 1. The lowest BCUT2D eigenvalue weighted by atomic mass is 9.92. The normalized spacial score (nSPS) is 13.0. The van der Waals surface area contributed by atoms with Crippen LogP contribution in [0.3, 0.4) is 0 Å². The van der Waals surface area contributed by atoms with E-state index in [4.69, 9.17) is 47.2 Å². The quantitative estimate of drug-likeness (QED) is 0.0308. The molecule has 0 unspecified atom stereocenters. The van der Waals surface area contributed by atoms with Crippen LogP contribution in [0.4, 0.5) is 28.4 Å². The fourth-order valence-corrected chi connectivity index (χ4v) is 6.02. The summed E-state index contributed by atoms with van der Waals surface area (Å²) in [7, 11) is -11.1. The summed E-state index contributed by atoms with van der Waals surface area (Å²) in [6.07, 6.45) is 1.06. The molecule has 4 aromatic carbocycles. The third kappa shape index (κ3) is 11.9. The van der Waals surface area contributed by atoms with Crippen LogP contribution in [0.5, 0.6) is 0 Å². The maximum atomic E-state index is 13.6. The first-order valence-electron chi connectivity index (χ1n) is 13.3. The van der Waals surface area contributed by atoms with Crippen molar-refractivity contribution in [1.29, 1.82) is 0 Å². The van der Waals surface area contributed by atoms with Gasteiger partial charge >= 0.3 is 21.2 Å². The number of benzene rings is 4. The monoisotopic (exact) mass is 832 g/mol. The molecule has 0 bridgehead atoms. The largest absolute Gasteiger partial charge is 0.425 e. The van der Waals surface area contributed by atoms with E-state index in [1.54, 1.807) is 48.5 Å². The molecule has 1 aliphatic carbocycles. The molecule has 0 radical (unpaired) electrons. The molecule has 0 amide bonds. The summed E-state index contributed by atoms with van der Waals surface area (Å²) in [5, 5.41) is 38.3. The number of nitrogens with two attached hydrogens (primary N) is 2. The molecular formula is C26H20N6O16S5. The van der Waals surface area contributed by atoms with Gasteiger partial charge in [0.15, 0.2) is 5.71 Å². The number of hydrogen-bond acceptors (Lipinski definition) is 23. The van der Waals surface area contributed by atoms with Crippen molar-refractivity contribution in [2.45, 2.75) is 9.79 Å². The Kier molecular flexibility index (Phi) is 15.6.